The number of pyridine rings is 2. The molecule has 2 N–H and O–H groups in total. The molecule has 0 radical (unpaired) electrons. The summed E-state index contributed by atoms with van der Waals surface area (Å²) in [6.45, 7) is 11.9. The molecular weight excluding hydrogens is 608 g/mol. The van der Waals surface area contributed by atoms with Crippen LogP contribution in [0, 0.1) is 11.8 Å². The largest absolute Gasteiger partial charge is 0.466 e. The van der Waals surface area contributed by atoms with Crippen LogP contribution in [0.4, 0.5) is 0 Å². The van der Waals surface area contributed by atoms with Crippen LogP contribution in [-0.4, -0.2) is 75.5 Å². The fourth-order valence-electron chi connectivity index (χ4n) is 5.25. The fraction of sp³-hybridized carbons (Fsp3) is 0.600. The minimum atomic E-state index is -3.46. The Bertz CT molecular complexity index is 1400. The van der Waals surface area contributed by atoms with E-state index >= 15 is 0 Å². The van der Waals surface area contributed by atoms with E-state index < -0.39 is 54.1 Å². The first-order valence-electron chi connectivity index (χ1n) is 15.0. The summed E-state index contributed by atoms with van der Waals surface area (Å²) in [5.74, 6) is -1.43. The number of carbonyl (C=O) groups excluding carboxylic acids is 2. The van der Waals surface area contributed by atoms with Gasteiger partial charge in [-0.25, -0.2) is 16.8 Å². The predicted octanol–water partition coefficient (Wildman–Crippen LogP) is 2.95. The molecule has 244 valence electrons. The molecule has 2 aromatic rings. The second-order valence-electron chi connectivity index (χ2n) is 11.1. The van der Waals surface area contributed by atoms with E-state index in [4.69, 9.17) is 9.47 Å². The van der Waals surface area contributed by atoms with Crippen LogP contribution < -0.4 is 10.6 Å². The van der Waals surface area contributed by atoms with Crippen molar-refractivity contribution in [2.75, 3.05) is 26.3 Å². The third-order valence-electron chi connectivity index (χ3n) is 7.67. The van der Waals surface area contributed by atoms with Crippen LogP contribution in [0.2, 0.25) is 0 Å². The highest BCUT2D eigenvalue weighted by Crippen LogP contribution is 2.35. The number of nitrogens with zero attached hydrogens (tertiary/aromatic N) is 2. The first-order chi connectivity index (χ1) is 20.8. The van der Waals surface area contributed by atoms with E-state index in [1.54, 1.807) is 78.2 Å². The summed E-state index contributed by atoms with van der Waals surface area (Å²) in [6, 6.07) is 5.47. The average molecular weight is 653 g/mol. The highest BCUT2D eigenvalue weighted by atomic mass is 32.2. The minimum absolute atomic E-state index is 0.193. The van der Waals surface area contributed by atoms with Crippen LogP contribution in [0.15, 0.2) is 46.5 Å². The van der Waals surface area contributed by atoms with Gasteiger partial charge in [0.15, 0.2) is 19.7 Å². The molecule has 14 heteroatoms. The molecule has 0 spiro atoms. The molecule has 12 nitrogen and oxygen atoms in total. The molecule has 4 heterocycles. The number of ether oxygens (including phenoxy) is 2. The highest BCUT2D eigenvalue weighted by Gasteiger charge is 2.40. The summed E-state index contributed by atoms with van der Waals surface area (Å²) < 4.78 is 60.3. The van der Waals surface area contributed by atoms with Gasteiger partial charge in [-0.15, -0.1) is 0 Å². The maximum Gasteiger partial charge on any atom is 0.310 e. The van der Waals surface area contributed by atoms with Gasteiger partial charge in [0, 0.05) is 12.4 Å². The topological polar surface area (TPSA) is 171 Å². The second-order valence-corrected chi connectivity index (χ2v) is 16.1. The van der Waals surface area contributed by atoms with Crippen molar-refractivity contribution in [1.29, 1.82) is 0 Å². The smallest absolute Gasteiger partial charge is 0.310 e. The number of esters is 2. The molecule has 0 aliphatic carbocycles. The Morgan fingerprint density at radius 2 is 1.11 bits per heavy atom. The molecule has 2 fully saturated rings. The Kier molecular flexibility index (Phi) is 12.4. The molecule has 2 aliphatic heterocycles. The van der Waals surface area contributed by atoms with Gasteiger partial charge in [0.25, 0.3) is 0 Å². The summed E-state index contributed by atoms with van der Waals surface area (Å²) in [5, 5.41) is 5.28. The molecule has 2 aromatic heterocycles. The Balaban J connectivity index is 0.000000240. The van der Waals surface area contributed by atoms with E-state index in [2.05, 4.69) is 20.6 Å². The zero-order chi connectivity index (χ0) is 32.7. The Morgan fingerprint density at radius 3 is 1.43 bits per heavy atom. The molecule has 2 saturated heterocycles. The van der Waals surface area contributed by atoms with Crippen molar-refractivity contribution >= 4 is 31.6 Å². The van der Waals surface area contributed by atoms with Crippen LogP contribution >= 0.6 is 0 Å². The lowest BCUT2D eigenvalue weighted by Gasteiger charge is -2.21. The summed E-state index contributed by atoms with van der Waals surface area (Å²) >= 11 is 0. The fourth-order valence-corrected chi connectivity index (χ4v) is 7.74. The standard InChI is InChI=1S/2C15H22N2O4S/c2*1-4-21-15(18)11-7-9-17-13(11)14-12(6-5-8-16-14)22(19,20)10(2)3/h2*5-6,8,10-11,13,17H,4,7,9H2,1-3H3/t2*11-,13-/m10/s1. The first kappa shape index (κ1) is 35.5. The van der Waals surface area contributed by atoms with E-state index in [1.165, 1.54) is 0 Å². The van der Waals surface area contributed by atoms with E-state index in [0.717, 1.165) is 0 Å². The third-order valence-corrected chi connectivity index (χ3v) is 12.1. The van der Waals surface area contributed by atoms with Crippen LogP contribution in [-0.2, 0) is 38.7 Å². The normalized spacial score (nSPS) is 22.0. The van der Waals surface area contributed by atoms with Crippen molar-refractivity contribution in [3.8, 4) is 0 Å². The van der Waals surface area contributed by atoms with Crippen LogP contribution in [0.5, 0.6) is 0 Å². The predicted molar refractivity (Wildman–Crippen MR) is 164 cm³/mol. The van der Waals surface area contributed by atoms with Crippen molar-refractivity contribution in [2.45, 2.75) is 86.8 Å². The van der Waals surface area contributed by atoms with Gasteiger partial charge >= 0.3 is 11.9 Å². The lowest BCUT2D eigenvalue weighted by atomic mass is 9.98. The number of sulfone groups is 2. The lowest BCUT2D eigenvalue weighted by Crippen LogP contribution is -2.28. The molecule has 0 aromatic carbocycles. The number of carbonyl (C=O) groups is 2. The van der Waals surface area contributed by atoms with Crippen molar-refractivity contribution in [2.24, 2.45) is 11.8 Å². The zero-order valence-electron chi connectivity index (χ0n) is 26.1. The minimum Gasteiger partial charge on any atom is -0.466 e. The number of nitrogens with one attached hydrogen (secondary N) is 2. The van der Waals surface area contributed by atoms with E-state index in [-0.39, 0.29) is 21.7 Å². The third kappa shape index (κ3) is 7.82. The Labute approximate surface area is 260 Å². The molecule has 4 atom stereocenters. The summed E-state index contributed by atoms with van der Waals surface area (Å²) in [6.07, 6.45) is 4.33. The van der Waals surface area contributed by atoms with Gasteiger partial charge < -0.3 is 20.1 Å². The van der Waals surface area contributed by atoms with Crippen LogP contribution in [0.3, 0.4) is 0 Å². The van der Waals surface area contributed by atoms with Crippen molar-refractivity contribution in [3.63, 3.8) is 0 Å². The van der Waals surface area contributed by atoms with E-state index in [1.807, 2.05) is 0 Å². The van der Waals surface area contributed by atoms with Crippen molar-refractivity contribution in [1.82, 2.24) is 20.6 Å². The SMILES string of the molecule is CCOC(=O)[C@@H]1CCN[C@H]1c1ncccc1S(=O)(=O)C(C)C.CCOC(=O)[C@H]1CCN[C@@H]1c1ncccc1S(=O)(=O)C(C)C. The molecule has 0 unspecified atom stereocenters. The van der Waals surface area contributed by atoms with Gasteiger partial charge in [-0.2, -0.15) is 0 Å². The van der Waals surface area contributed by atoms with E-state index in [9.17, 15) is 26.4 Å². The monoisotopic (exact) mass is 652 g/mol. The molecular formula is C30H44N4O8S2. The number of rotatable bonds is 10. The molecule has 0 amide bonds. The lowest BCUT2D eigenvalue weighted by molar-refractivity contribution is -0.149. The molecule has 44 heavy (non-hydrogen) atoms. The second kappa shape index (κ2) is 15.4. The highest BCUT2D eigenvalue weighted by molar-refractivity contribution is 7.92. The summed E-state index contributed by atoms with van der Waals surface area (Å²) in [4.78, 5) is 33.1. The number of aromatic nitrogens is 2. The van der Waals surface area contributed by atoms with Crippen molar-refractivity contribution in [3.05, 3.63) is 48.0 Å². The maximum atomic E-state index is 12.5. The Hall–Kier alpha value is -2.94. The maximum absolute atomic E-state index is 12.5. The van der Waals surface area contributed by atoms with Gasteiger partial charge in [0.2, 0.25) is 0 Å². The van der Waals surface area contributed by atoms with Gasteiger partial charge in [-0.1, -0.05) is 0 Å². The van der Waals surface area contributed by atoms with Gasteiger partial charge in [0.05, 0.1) is 68.8 Å². The molecule has 4 rings (SSSR count). The van der Waals surface area contributed by atoms with Crippen LogP contribution in [0.1, 0.15) is 77.9 Å². The number of hydrogen-bond donors (Lipinski definition) is 2. The Morgan fingerprint density at radius 1 is 0.750 bits per heavy atom. The zero-order valence-corrected chi connectivity index (χ0v) is 27.8. The van der Waals surface area contributed by atoms with Gasteiger partial charge in [0.1, 0.15) is 0 Å². The first-order valence-corrected chi connectivity index (χ1v) is 18.1. The van der Waals surface area contributed by atoms with Crippen molar-refractivity contribution < 1.29 is 35.9 Å². The van der Waals surface area contributed by atoms with Crippen LogP contribution in [0.25, 0.3) is 0 Å². The van der Waals surface area contributed by atoms with E-state index in [0.29, 0.717) is 50.5 Å². The van der Waals surface area contributed by atoms with Gasteiger partial charge in [-0.05, 0) is 91.7 Å². The summed E-state index contributed by atoms with van der Waals surface area (Å²) in [7, 11) is -6.92. The molecule has 0 bridgehead atoms. The average Bonchev–Trinajstić information content (AvgIpc) is 3.68. The number of hydrogen-bond acceptors (Lipinski definition) is 12. The molecule has 0 saturated carbocycles. The quantitative estimate of drug-likeness (QED) is 0.360. The molecule has 2 aliphatic rings. The van der Waals surface area contributed by atoms with Gasteiger partial charge in [-0.3, -0.25) is 19.6 Å². The summed E-state index contributed by atoms with van der Waals surface area (Å²) in [5.41, 5.74) is 0.818.